The SMILES string of the molecule is CCN(Cc1ccoc1CN)c1ccccc1F. The van der Waals surface area contributed by atoms with Crippen LogP contribution in [0.1, 0.15) is 18.2 Å². The zero-order valence-electron chi connectivity index (χ0n) is 10.4. The van der Waals surface area contributed by atoms with Gasteiger partial charge in [-0.05, 0) is 25.1 Å². The Labute approximate surface area is 106 Å². The standard InChI is InChI=1S/C14H17FN2O/c1-2-17(13-6-4-3-5-12(13)15)10-11-7-8-18-14(11)9-16/h3-8H,2,9-10,16H2,1H3. The quantitative estimate of drug-likeness (QED) is 0.884. The van der Waals surface area contributed by atoms with Gasteiger partial charge in [-0.25, -0.2) is 4.39 Å². The van der Waals surface area contributed by atoms with Gasteiger partial charge in [0, 0.05) is 18.7 Å². The van der Waals surface area contributed by atoms with Gasteiger partial charge in [0.15, 0.2) is 0 Å². The zero-order valence-corrected chi connectivity index (χ0v) is 10.4. The number of nitrogens with zero attached hydrogens (tertiary/aromatic N) is 1. The minimum absolute atomic E-state index is 0.211. The van der Waals surface area contributed by atoms with Crippen LogP contribution in [0.4, 0.5) is 10.1 Å². The number of benzene rings is 1. The molecule has 1 heterocycles. The Kier molecular flexibility index (Phi) is 3.99. The van der Waals surface area contributed by atoms with E-state index in [1.165, 1.54) is 6.07 Å². The molecule has 0 amide bonds. The smallest absolute Gasteiger partial charge is 0.146 e. The van der Waals surface area contributed by atoms with Gasteiger partial charge in [0.2, 0.25) is 0 Å². The monoisotopic (exact) mass is 248 g/mol. The third-order valence-electron chi connectivity index (χ3n) is 2.96. The molecule has 96 valence electrons. The Morgan fingerprint density at radius 3 is 2.72 bits per heavy atom. The zero-order chi connectivity index (χ0) is 13.0. The fourth-order valence-corrected chi connectivity index (χ4v) is 1.97. The number of nitrogens with two attached hydrogens (primary N) is 1. The molecule has 0 atom stereocenters. The lowest BCUT2D eigenvalue weighted by atomic mass is 10.2. The summed E-state index contributed by atoms with van der Waals surface area (Å²) in [4.78, 5) is 1.96. The molecule has 1 aromatic carbocycles. The molecule has 2 rings (SSSR count). The van der Waals surface area contributed by atoms with Crippen LogP contribution in [0.15, 0.2) is 41.0 Å². The van der Waals surface area contributed by atoms with Crippen LogP contribution in [0.3, 0.4) is 0 Å². The first-order valence-corrected chi connectivity index (χ1v) is 6.01. The highest BCUT2D eigenvalue weighted by atomic mass is 19.1. The summed E-state index contributed by atoms with van der Waals surface area (Å²) in [5.74, 6) is 0.543. The predicted octanol–water partition coefficient (Wildman–Crippen LogP) is 2.90. The van der Waals surface area contributed by atoms with Crippen molar-refractivity contribution in [2.24, 2.45) is 5.73 Å². The summed E-state index contributed by atoms with van der Waals surface area (Å²) in [6.07, 6.45) is 1.62. The van der Waals surface area contributed by atoms with E-state index in [0.29, 0.717) is 18.8 Å². The minimum atomic E-state index is -0.211. The van der Waals surface area contributed by atoms with Gasteiger partial charge in [-0.1, -0.05) is 12.1 Å². The minimum Gasteiger partial charge on any atom is -0.468 e. The maximum absolute atomic E-state index is 13.7. The lowest BCUT2D eigenvalue weighted by Crippen LogP contribution is -2.23. The Bertz CT molecular complexity index is 510. The normalized spacial score (nSPS) is 10.6. The fourth-order valence-electron chi connectivity index (χ4n) is 1.97. The summed E-state index contributed by atoms with van der Waals surface area (Å²) in [6, 6.07) is 8.65. The summed E-state index contributed by atoms with van der Waals surface area (Å²) < 4.78 is 19.0. The maximum atomic E-state index is 13.7. The van der Waals surface area contributed by atoms with E-state index in [1.807, 2.05) is 24.0 Å². The summed E-state index contributed by atoms with van der Waals surface area (Å²) in [7, 11) is 0. The third-order valence-corrected chi connectivity index (χ3v) is 2.96. The molecule has 0 radical (unpaired) electrons. The van der Waals surface area contributed by atoms with E-state index in [9.17, 15) is 4.39 Å². The maximum Gasteiger partial charge on any atom is 0.146 e. The lowest BCUT2D eigenvalue weighted by Gasteiger charge is -2.23. The second-order valence-corrected chi connectivity index (χ2v) is 4.04. The van der Waals surface area contributed by atoms with Crippen LogP contribution >= 0.6 is 0 Å². The molecule has 1 aromatic heterocycles. The van der Waals surface area contributed by atoms with Crippen LogP contribution < -0.4 is 10.6 Å². The molecule has 0 spiro atoms. The molecule has 18 heavy (non-hydrogen) atoms. The molecule has 0 bridgehead atoms. The van der Waals surface area contributed by atoms with Gasteiger partial charge in [-0.2, -0.15) is 0 Å². The van der Waals surface area contributed by atoms with Crippen molar-refractivity contribution in [3.05, 3.63) is 53.7 Å². The molecule has 0 aliphatic heterocycles. The highest BCUT2D eigenvalue weighted by Gasteiger charge is 2.13. The number of halogens is 1. The van der Waals surface area contributed by atoms with Crippen molar-refractivity contribution < 1.29 is 8.81 Å². The first-order valence-electron chi connectivity index (χ1n) is 6.01. The van der Waals surface area contributed by atoms with Gasteiger partial charge in [-0.3, -0.25) is 0 Å². The second kappa shape index (κ2) is 5.69. The van der Waals surface area contributed by atoms with E-state index in [-0.39, 0.29) is 5.82 Å². The number of anilines is 1. The Morgan fingerprint density at radius 1 is 1.28 bits per heavy atom. The predicted molar refractivity (Wildman–Crippen MR) is 69.7 cm³/mol. The van der Waals surface area contributed by atoms with Crippen molar-refractivity contribution in [1.29, 1.82) is 0 Å². The van der Waals surface area contributed by atoms with Gasteiger partial charge in [0.05, 0.1) is 18.5 Å². The van der Waals surface area contributed by atoms with Gasteiger partial charge >= 0.3 is 0 Å². The Morgan fingerprint density at radius 2 is 2.06 bits per heavy atom. The van der Waals surface area contributed by atoms with Crippen LogP contribution in [0, 0.1) is 5.82 Å². The largest absolute Gasteiger partial charge is 0.468 e. The van der Waals surface area contributed by atoms with E-state index in [4.69, 9.17) is 10.2 Å². The van der Waals surface area contributed by atoms with Crippen molar-refractivity contribution in [2.45, 2.75) is 20.0 Å². The van der Waals surface area contributed by atoms with Crippen molar-refractivity contribution in [3.63, 3.8) is 0 Å². The lowest BCUT2D eigenvalue weighted by molar-refractivity contribution is 0.506. The molecule has 3 nitrogen and oxygen atoms in total. The van der Waals surface area contributed by atoms with Crippen LogP contribution in [-0.4, -0.2) is 6.54 Å². The average molecular weight is 248 g/mol. The van der Waals surface area contributed by atoms with Crippen LogP contribution in [0.5, 0.6) is 0 Å². The van der Waals surface area contributed by atoms with E-state index in [2.05, 4.69) is 0 Å². The summed E-state index contributed by atoms with van der Waals surface area (Å²) >= 11 is 0. The van der Waals surface area contributed by atoms with Crippen LogP contribution in [0.25, 0.3) is 0 Å². The van der Waals surface area contributed by atoms with E-state index >= 15 is 0 Å². The van der Waals surface area contributed by atoms with E-state index in [1.54, 1.807) is 18.4 Å². The van der Waals surface area contributed by atoms with Gasteiger partial charge in [0.25, 0.3) is 0 Å². The van der Waals surface area contributed by atoms with Crippen LogP contribution in [0.2, 0.25) is 0 Å². The van der Waals surface area contributed by atoms with Gasteiger partial charge < -0.3 is 15.1 Å². The van der Waals surface area contributed by atoms with Crippen molar-refractivity contribution in [1.82, 2.24) is 0 Å². The molecule has 0 aliphatic rings. The number of rotatable bonds is 5. The Hall–Kier alpha value is -1.81. The summed E-state index contributed by atoms with van der Waals surface area (Å²) in [6.45, 7) is 3.67. The molecule has 2 aromatic rings. The van der Waals surface area contributed by atoms with E-state index in [0.717, 1.165) is 17.9 Å². The molecular formula is C14H17FN2O. The molecular weight excluding hydrogens is 231 g/mol. The molecule has 4 heteroatoms. The molecule has 0 aliphatic carbocycles. The molecule has 0 saturated heterocycles. The first kappa shape index (κ1) is 12.6. The highest BCUT2D eigenvalue weighted by molar-refractivity contribution is 5.48. The number of furan rings is 1. The molecule has 0 saturated carbocycles. The number of para-hydroxylation sites is 1. The fraction of sp³-hybridized carbons (Fsp3) is 0.286. The van der Waals surface area contributed by atoms with Crippen molar-refractivity contribution >= 4 is 5.69 Å². The van der Waals surface area contributed by atoms with E-state index < -0.39 is 0 Å². The Balaban J connectivity index is 2.23. The van der Waals surface area contributed by atoms with Gasteiger partial charge in [-0.15, -0.1) is 0 Å². The third kappa shape index (κ3) is 2.54. The summed E-state index contributed by atoms with van der Waals surface area (Å²) in [5, 5.41) is 0. The molecule has 2 N–H and O–H groups in total. The van der Waals surface area contributed by atoms with Crippen molar-refractivity contribution in [3.8, 4) is 0 Å². The highest BCUT2D eigenvalue weighted by Crippen LogP contribution is 2.22. The summed E-state index contributed by atoms with van der Waals surface area (Å²) in [5.41, 5.74) is 7.20. The van der Waals surface area contributed by atoms with Crippen LogP contribution in [-0.2, 0) is 13.1 Å². The number of hydrogen-bond donors (Lipinski definition) is 1. The molecule has 0 fully saturated rings. The second-order valence-electron chi connectivity index (χ2n) is 4.04. The van der Waals surface area contributed by atoms with Gasteiger partial charge in [0.1, 0.15) is 11.6 Å². The average Bonchev–Trinajstić information content (AvgIpc) is 2.84. The topological polar surface area (TPSA) is 42.4 Å². The number of hydrogen-bond acceptors (Lipinski definition) is 3. The van der Waals surface area contributed by atoms with Crippen molar-refractivity contribution in [2.75, 3.05) is 11.4 Å². The molecule has 0 unspecified atom stereocenters. The first-order chi connectivity index (χ1) is 8.76.